The van der Waals surface area contributed by atoms with Crippen molar-refractivity contribution in [3.05, 3.63) is 52.7 Å². The smallest absolute Gasteiger partial charge is 0.334 e. The van der Waals surface area contributed by atoms with Crippen LogP contribution in [-0.4, -0.2) is 59.6 Å². The fourth-order valence-electron chi connectivity index (χ4n) is 4.18. The van der Waals surface area contributed by atoms with Crippen molar-refractivity contribution in [2.24, 2.45) is 5.92 Å². The third-order valence-electron chi connectivity index (χ3n) is 5.62. The minimum absolute atomic E-state index is 0.370. The van der Waals surface area contributed by atoms with Crippen LogP contribution < -0.4 is 9.64 Å². The summed E-state index contributed by atoms with van der Waals surface area (Å²) in [7, 11) is 4.33. The summed E-state index contributed by atoms with van der Waals surface area (Å²) in [5.41, 5.74) is 3.03. The van der Waals surface area contributed by atoms with Gasteiger partial charge in [-0.25, -0.2) is 4.79 Å². The number of nitrogens with one attached hydrogen (secondary N) is 1. The largest absolute Gasteiger partial charge is 0.497 e. The summed E-state index contributed by atoms with van der Waals surface area (Å²) in [6, 6.07) is 7.42. The summed E-state index contributed by atoms with van der Waals surface area (Å²) in [4.78, 5) is 26.9. The zero-order valence-corrected chi connectivity index (χ0v) is 17.3. The molecule has 1 aromatic carbocycles. The highest BCUT2D eigenvalue weighted by Crippen LogP contribution is 2.42. The van der Waals surface area contributed by atoms with Gasteiger partial charge in [0.15, 0.2) is 0 Å². The van der Waals surface area contributed by atoms with Gasteiger partial charge in [0.2, 0.25) is 0 Å². The van der Waals surface area contributed by atoms with Crippen LogP contribution in [0.2, 0.25) is 0 Å². The van der Waals surface area contributed by atoms with Crippen LogP contribution in [0.15, 0.2) is 47.2 Å². The van der Waals surface area contributed by atoms with Crippen LogP contribution in [0.4, 0.5) is 0 Å². The third-order valence-corrected chi connectivity index (χ3v) is 5.62. The van der Waals surface area contributed by atoms with E-state index >= 15 is 0 Å². The number of hydrogen-bond donors (Lipinski definition) is 1. The molecular weight excluding hydrogens is 374 g/mol. The number of ether oxygens (including phenoxy) is 4. The van der Waals surface area contributed by atoms with Gasteiger partial charge in [-0.3, -0.25) is 4.79 Å². The molecule has 1 aromatic rings. The van der Waals surface area contributed by atoms with Gasteiger partial charge in [-0.15, -0.1) is 0 Å². The van der Waals surface area contributed by atoms with Crippen molar-refractivity contribution in [1.29, 1.82) is 0 Å². The van der Waals surface area contributed by atoms with Gasteiger partial charge < -0.3 is 23.8 Å². The molecule has 7 heteroatoms. The highest BCUT2D eigenvalue weighted by Gasteiger charge is 2.46. The number of esters is 2. The van der Waals surface area contributed by atoms with Crippen molar-refractivity contribution < 1.29 is 33.4 Å². The van der Waals surface area contributed by atoms with Crippen molar-refractivity contribution in [2.45, 2.75) is 12.8 Å². The number of hydrogen-bond acceptors (Lipinski definition) is 6. The fraction of sp³-hybridized carbons (Fsp3) is 0.455. The predicted octanol–water partition coefficient (Wildman–Crippen LogP) is 0.870. The molecule has 156 valence electrons. The SMILES string of the molecule is COC(=O)C1=C(C)C=C([NH+]2CCOCC2)[C@@H](C(=O)OC)[C@@H]1c1ccc(OC)cc1. The normalized spacial score (nSPS) is 22.7. The molecular formula is C22H28NO6+. The minimum Gasteiger partial charge on any atom is -0.497 e. The summed E-state index contributed by atoms with van der Waals surface area (Å²) < 4.78 is 21.0. The molecule has 2 atom stereocenters. The molecule has 29 heavy (non-hydrogen) atoms. The Morgan fingerprint density at radius 3 is 2.24 bits per heavy atom. The number of morpholine rings is 1. The molecule has 1 aliphatic carbocycles. The molecule has 2 aliphatic rings. The molecule has 1 fully saturated rings. The lowest BCUT2D eigenvalue weighted by atomic mass is 9.73. The quantitative estimate of drug-likeness (QED) is 0.737. The summed E-state index contributed by atoms with van der Waals surface area (Å²) in [5, 5.41) is 0. The average Bonchev–Trinajstić information content (AvgIpc) is 2.78. The second-order valence-corrected chi connectivity index (χ2v) is 7.16. The van der Waals surface area contributed by atoms with Gasteiger partial charge >= 0.3 is 11.9 Å². The van der Waals surface area contributed by atoms with Gasteiger partial charge in [0.1, 0.15) is 30.5 Å². The lowest BCUT2D eigenvalue weighted by Crippen LogP contribution is -3.13. The molecule has 7 nitrogen and oxygen atoms in total. The predicted molar refractivity (Wildman–Crippen MR) is 106 cm³/mol. The molecule has 1 saturated heterocycles. The van der Waals surface area contributed by atoms with E-state index in [1.54, 1.807) is 7.11 Å². The number of carbonyl (C=O) groups excluding carboxylic acids is 2. The first-order valence-electron chi connectivity index (χ1n) is 9.67. The molecule has 0 unspecified atom stereocenters. The topological polar surface area (TPSA) is 75.5 Å². The number of methoxy groups -OCH3 is 3. The lowest BCUT2D eigenvalue weighted by Gasteiger charge is -2.36. The van der Waals surface area contributed by atoms with Crippen molar-refractivity contribution in [2.75, 3.05) is 47.6 Å². The van der Waals surface area contributed by atoms with Crippen LogP contribution in [0.3, 0.4) is 0 Å². The monoisotopic (exact) mass is 402 g/mol. The molecule has 0 aromatic heterocycles. The van der Waals surface area contributed by atoms with E-state index in [-0.39, 0.29) is 5.97 Å². The number of rotatable bonds is 5. The molecule has 3 rings (SSSR count). The van der Waals surface area contributed by atoms with Crippen molar-refractivity contribution in [3.63, 3.8) is 0 Å². The second kappa shape index (κ2) is 9.24. The summed E-state index contributed by atoms with van der Waals surface area (Å²) in [6.45, 7) is 4.65. The van der Waals surface area contributed by atoms with E-state index in [2.05, 4.69) is 0 Å². The highest BCUT2D eigenvalue weighted by molar-refractivity contribution is 5.94. The molecule has 0 saturated carbocycles. The van der Waals surface area contributed by atoms with E-state index in [0.29, 0.717) is 24.5 Å². The highest BCUT2D eigenvalue weighted by atomic mass is 16.5. The Balaban J connectivity index is 2.16. The third kappa shape index (κ3) is 4.21. The summed E-state index contributed by atoms with van der Waals surface area (Å²) in [6.07, 6.45) is 1.94. The fourth-order valence-corrected chi connectivity index (χ4v) is 4.18. The van der Waals surface area contributed by atoms with Gasteiger partial charge in [0.25, 0.3) is 0 Å². The van der Waals surface area contributed by atoms with E-state index in [1.165, 1.54) is 19.1 Å². The molecule has 0 radical (unpaired) electrons. The Morgan fingerprint density at radius 2 is 1.69 bits per heavy atom. The zero-order chi connectivity index (χ0) is 21.0. The van der Waals surface area contributed by atoms with E-state index < -0.39 is 17.8 Å². The molecule has 0 bridgehead atoms. The maximum atomic E-state index is 13.0. The molecule has 1 aliphatic heterocycles. The van der Waals surface area contributed by atoms with E-state index in [4.69, 9.17) is 18.9 Å². The van der Waals surface area contributed by atoms with Crippen molar-refractivity contribution >= 4 is 11.9 Å². The van der Waals surface area contributed by atoms with Gasteiger partial charge in [0.05, 0.1) is 34.5 Å². The van der Waals surface area contributed by atoms with E-state index in [9.17, 15) is 9.59 Å². The van der Waals surface area contributed by atoms with Crippen molar-refractivity contribution in [1.82, 2.24) is 0 Å². The zero-order valence-electron chi connectivity index (χ0n) is 17.3. The van der Waals surface area contributed by atoms with Crippen LogP contribution in [0, 0.1) is 5.92 Å². The van der Waals surface area contributed by atoms with Gasteiger partial charge in [-0.1, -0.05) is 12.1 Å². The summed E-state index contributed by atoms with van der Waals surface area (Å²) >= 11 is 0. The van der Waals surface area contributed by atoms with Gasteiger partial charge in [0, 0.05) is 11.5 Å². The number of allylic oxidation sites excluding steroid dienone is 2. The van der Waals surface area contributed by atoms with Gasteiger partial charge in [-0.2, -0.15) is 0 Å². The number of carbonyl (C=O) groups is 2. The number of quaternary nitrogens is 1. The maximum Gasteiger partial charge on any atom is 0.334 e. The summed E-state index contributed by atoms with van der Waals surface area (Å²) in [5.74, 6) is -1.24. The van der Waals surface area contributed by atoms with Crippen molar-refractivity contribution in [3.8, 4) is 5.75 Å². The van der Waals surface area contributed by atoms with E-state index in [0.717, 1.165) is 29.9 Å². The Bertz CT molecular complexity index is 820. The minimum atomic E-state index is -0.626. The van der Waals surface area contributed by atoms with Crippen LogP contribution >= 0.6 is 0 Å². The maximum absolute atomic E-state index is 13.0. The lowest BCUT2D eigenvalue weighted by molar-refractivity contribution is -0.873. The van der Waals surface area contributed by atoms with Crippen LogP contribution in [0.1, 0.15) is 18.4 Å². The average molecular weight is 402 g/mol. The Morgan fingerprint density at radius 1 is 1.03 bits per heavy atom. The Labute approximate surface area is 170 Å². The molecule has 1 N–H and O–H groups in total. The second-order valence-electron chi connectivity index (χ2n) is 7.16. The first kappa shape index (κ1) is 21.1. The van der Waals surface area contributed by atoms with Gasteiger partial charge in [-0.05, 0) is 36.3 Å². The van der Waals surface area contributed by atoms with Crippen LogP contribution in [-0.2, 0) is 23.8 Å². The molecule has 0 amide bonds. The number of benzene rings is 1. The molecule has 0 spiro atoms. The Hall–Kier alpha value is -2.64. The Kier molecular flexibility index (Phi) is 6.71. The standard InChI is InChI=1S/C22H27NO6/c1-14-13-17(23-9-11-29-12-10-23)20(22(25)28-4)19(18(14)21(24)27-3)15-5-7-16(26-2)8-6-15/h5-8,13,19-20H,9-12H2,1-4H3/p+1/t19-,20-/m1/s1. The molecule has 1 heterocycles. The first-order chi connectivity index (χ1) is 14.0. The van der Waals surface area contributed by atoms with Crippen LogP contribution in [0.5, 0.6) is 5.75 Å². The first-order valence-corrected chi connectivity index (χ1v) is 9.67. The van der Waals surface area contributed by atoms with Crippen LogP contribution in [0.25, 0.3) is 0 Å². The van der Waals surface area contributed by atoms with E-state index in [1.807, 2.05) is 37.3 Å².